The summed E-state index contributed by atoms with van der Waals surface area (Å²) in [5.41, 5.74) is 8.83. The second-order valence-electron chi connectivity index (χ2n) is 10.1. The molecule has 0 bridgehead atoms. The number of imidazole rings is 1. The van der Waals surface area contributed by atoms with E-state index in [9.17, 15) is 4.79 Å². The molecule has 3 aromatic carbocycles. The number of aryl methyl sites for hydroxylation is 2. The predicted molar refractivity (Wildman–Crippen MR) is 143 cm³/mol. The second-order valence-corrected chi connectivity index (χ2v) is 10.1. The number of nitrogens with two attached hydrogens (primary N) is 1. The molecule has 1 aromatic heterocycles. The lowest BCUT2D eigenvalue weighted by Gasteiger charge is -2.37. The topological polar surface area (TPSA) is 51.9 Å². The van der Waals surface area contributed by atoms with E-state index < -0.39 is 5.41 Å². The van der Waals surface area contributed by atoms with Crippen LogP contribution >= 0.6 is 0 Å². The molecule has 1 aliphatic rings. The summed E-state index contributed by atoms with van der Waals surface area (Å²) >= 11 is 0. The van der Waals surface area contributed by atoms with Crippen molar-refractivity contribution >= 4 is 5.91 Å². The van der Waals surface area contributed by atoms with Gasteiger partial charge in [-0.3, -0.25) is 4.79 Å². The zero-order valence-electron chi connectivity index (χ0n) is 21.1. The fraction of sp³-hybridized carbons (Fsp3) is 0.312. The Morgan fingerprint density at radius 1 is 0.917 bits per heavy atom. The predicted octanol–water partition coefficient (Wildman–Crippen LogP) is 5.53. The molecule has 1 amide bonds. The van der Waals surface area contributed by atoms with Crippen LogP contribution in [-0.4, -0.2) is 10.5 Å². The van der Waals surface area contributed by atoms with Gasteiger partial charge in [-0.15, -0.1) is 0 Å². The van der Waals surface area contributed by atoms with E-state index >= 15 is 0 Å². The van der Waals surface area contributed by atoms with Gasteiger partial charge in [0.2, 0.25) is 5.91 Å². The third-order valence-corrected chi connectivity index (χ3v) is 8.16. The first-order valence-electron chi connectivity index (χ1n) is 13.1. The van der Waals surface area contributed by atoms with E-state index in [-0.39, 0.29) is 11.8 Å². The minimum Gasteiger partial charge on any atom is -0.369 e. The molecule has 1 aliphatic carbocycles. The van der Waals surface area contributed by atoms with Crippen LogP contribution in [0.5, 0.6) is 0 Å². The average Bonchev–Trinajstić information content (AvgIpc) is 3.53. The number of hydrogen-bond donors (Lipinski definition) is 1. The van der Waals surface area contributed by atoms with Gasteiger partial charge in [-0.05, 0) is 54.7 Å². The third kappa shape index (κ3) is 4.48. The Morgan fingerprint density at radius 3 is 2.08 bits per heavy atom. The first-order chi connectivity index (χ1) is 17.6. The van der Waals surface area contributed by atoms with Crippen LogP contribution in [0.3, 0.4) is 0 Å². The molecule has 0 aliphatic heterocycles. The molecule has 0 unspecified atom stereocenters. The summed E-state index contributed by atoms with van der Waals surface area (Å²) < 4.78 is 4.79. The van der Waals surface area contributed by atoms with Gasteiger partial charge in [0.25, 0.3) is 5.82 Å². The first kappa shape index (κ1) is 24.1. The van der Waals surface area contributed by atoms with Crippen LogP contribution in [-0.2, 0) is 23.2 Å². The van der Waals surface area contributed by atoms with E-state index in [1.165, 1.54) is 11.4 Å². The highest BCUT2D eigenvalue weighted by Gasteiger charge is 2.51. The number of benzene rings is 3. The van der Waals surface area contributed by atoms with Crippen molar-refractivity contribution in [2.24, 2.45) is 11.7 Å². The normalized spacial score (nSPS) is 17.8. The summed E-state index contributed by atoms with van der Waals surface area (Å²) in [4.78, 5) is 13.4. The molecule has 0 saturated heterocycles. The maximum atomic E-state index is 13.4. The van der Waals surface area contributed by atoms with Gasteiger partial charge in [-0.1, -0.05) is 91.0 Å². The zero-order chi connectivity index (χ0) is 25.0. The van der Waals surface area contributed by atoms with Crippen LogP contribution in [0.1, 0.15) is 54.2 Å². The van der Waals surface area contributed by atoms with Gasteiger partial charge in [0, 0.05) is 6.92 Å². The molecule has 0 spiro atoms. The quantitative estimate of drug-likeness (QED) is 0.316. The highest BCUT2D eigenvalue weighted by molar-refractivity contribution is 5.91. The lowest BCUT2D eigenvalue weighted by Crippen LogP contribution is -2.47. The van der Waals surface area contributed by atoms with E-state index in [0.717, 1.165) is 49.8 Å². The summed E-state index contributed by atoms with van der Waals surface area (Å²) in [6.07, 6.45) is 9.55. The van der Waals surface area contributed by atoms with Crippen LogP contribution in [0.2, 0.25) is 0 Å². The van der Waals surface area contributed by atoms with Crippen molar-refractivity contribution in [3.05, 3.63) is 126 Å². The van der Waals surface area contributed by atoms with Crippen molar-refractivity contribution in [2.45, 2.75) is 57.0 Å². The molecule has 1 saturated carbocycles. The van der Waals surface area contributed by atoms with Gasteiger partial charge in [0.1, 0.15) is 23.9 Å². The van der Waals surface area contributed by atoms with Crippen LogP contribution in [0, 0.1) is 12.8 Å². The van der Waals surface area contributed by atoms with E-state index in [1.807, 2.05) is 36.4 Å². The van der Waals surface area contributed by atoms with Crippen molar-refractivity contribution in [3.8, 4) is 0 Å². The van der Waals surface area contributed by atoms with Crippen LogP contribution < -0.4 is 10.3 Å². The molecule has 4 nitrogen and oxygen atoms in total. The van der Waals surface area contributed by atoms with Gasteiger partial charge in [-0.25, -0.2) is 9.13 Å². The molecule has 4 heteroatoms. The van der Waals surface area contributed by atoms with Crippen LogP contribution in [0.4, 0.5) is 0 Å². The molecule has 0 radical (unpaired) electrons. The lowest BCUT2D eigenvalue weighted by atomic mass is 9.64. The van der Waals surface area contributed by atoms with Crippen molar-refractivity contribution < 1.29 is 9.36 Å². The number of aromatic nitrogens is 2. The lowest BCUT2D eigenvalue weighted by molar-refractivity contribution is -0.702. The SMILES string of the molecule is Cc1n([C@H]2CC[C@H](C(C(N)=O)(c3ccccc3)c3ccccc3)C2)cc[n+]1CCCc1ccccc1. The largest absolute Gasteiger partial charge is 0.369 e. The third-order valence-electron chi connectivity index (χ3n) is 8.16. The fourth-order valence-corrected chi connectivity index (χ4v) is 6.37. The Hall–Kier alpha value is -3.66. The molecule has 36 heavy (non-hydrogen) atoms. The number of amides is 1. The van der Waals surface area contributed by atoms with Gasteiger partial charge in [-0.2, -0.15) is 0 Å². The Bertz CT molecular complexity index is 1240. The first-order valence-corrected chi connectivity index (χ1v) is 13.1. The number of hydrogen-bond acceptors (Lipinski definition) is 1. The summed E-state index contributed by atoms with van der Waals surface area (Å²) in [5.74, 6) is 1.15. The van der Waals surface area contributed by atoms with Gasteiger partial charge in [0.05, 0.1) is 6.54 Å². The minimum atomic E-state index is -0.829. The Labute approximate surface area is 214 Å². The van der Waals surface area contributed by atoms with Gasteiger partial charge < -0.3 is 5.73 Å². The van der Waals surface area contributed by atoms with Gasteiger partial charge in [0.15, 0.2) is 0 Å². The van der Waals surface area contributed by atoms with E-state index in [0.29, 0.717) is 6.04 Å². The molecule has 2 atom stereocenters. The molecule has 4 aromatic rings. The fourth-order valence-electron chi connectivity index (χ4n) is 6.37. The van der Waals surface area contributed by atoms with Crippen molar-refractivity contribution in [1.82, 2.24) is 4.57 Å². The molecular weight excluding hydrogens is 442 g/mol. The molecule has 184 valence electrons. The molecule has 1 heterocycles. The minimum absolute atomic E-state index is 0.137. The molecule has 1 fully saturated rings. The summed E-state index contributed by atoms with van der Waals surface area (Å²) in [6.45, 7) is 3.22. The summed E-state index contributed by atoms with van der Waals surface area (Å²) in [5, 5.41) is 0. The maximum absolute atomic E-state index is 13.4. The van der Waals surface area contributed by atoms with Gasteiger partial charge >= 0.3 is 0 Å². The Kier molecular flexibility index (Phi) is 7.04. The van der Waals surface area contributed by atoms with Crippen LogP contribution in [0.15, 0.2) is 103 Å². The number of rotatable bonds is 9. The smallest absolute Gasteiger partial charge is 0.253 e. The molecular formula is C32H36N3O+. The standard InChI is InChI=1S/C32H35N3O/c1-25-34(21-11-14-26-12-5-2-6-13-26)22-23-35(25)30-20-19-29(24-30)32(31(33)36,27-15-7-3-8-16-27)28-17-9-4-10-18-28/h2-10,12-13,15-18,22-23,29-30H,11,14,19-21,24H2,1H3,(H-,33,36)/p+1/t29-,30-/m0/s1. The maximum Gasteiger partial charge on any atom is 0.253 e. The second kappa shape index (κ2) is 10.5. The van der Waals surface area contributed by atoms with Crippen molar-refractivity contribution in [2.75, 3.05) is 0 Å². The highest BCUT2D eigenvalue weighted by atomic mass is 16.1. The number of carbonyl (C=O) groups is 1. The van der Waals surface area contributed by atoms with E-state index in [4.69, 9.17) is 5.73 Å². The molecule has 2 N–H and O–H groups in total. The van der Waals surface area contributed by atoms with E-state index in [2.05, 4.69) is 83.0 Å². The Morgan fingerprint density at radius 2 is 1.50 bits per heavy atom. The Balaban J connectivity index is 1.38. The monoisotopic (exact) mass is 478 g/mol. The van der Waals surface area contributed by atoms with Crippen LogP contribution in [0.25, 0.3) is 0 Å². The van der Waals surface area contributed by atoms with Crippen molar-refractivity contribution in [3.63, 3.8) is 0 Å². The summed E-state index contributed by atoms with van der Waals surface area (Å²) in [7, 11) is 0. The average molecular weight is 479 g/mol. The number of primary amides is 1. The number of nitrogens with zero attached hydrogens (tertiary/aromatic N) is 2. The van der Waals surface area contributed by atoms with Crippen molar-refractivity contribution in [1.29, 1.82) is 0 Å². The molecule has 5 rings (SSSR count). The highest BCUT2D eigenvalue weighted by Crippen LogP contribution is 2.49. The number of carbonyl (C=O) groups excluding carboxylic acids is 1. The van der Waals surface area contributed by atoms with E-state index in [1.54, 1.807) is 0 Å². The summed E-state index contributed by atoms with van der Waals surface area (Å²) in [6, 6.07) is 31.3. The zero-order valence-corrected chi connectivity index (χ0v) is 21.1.